The molecule has 3 saturated heterocycles. The number of aliphatic carboxylic acids is 1. The Labute approximate surface area is 208 Å². The number of nitrogens with zero attached hydrogens (tertiary/aromatic N) is 3. The number of carbonyl (C=O) groups is 2. The van der Waals surface area contributed by atoms with Gasteiger partial charge in [-0.3, -0.25) is 4.79 Å². The number of fused-ring (bicyclic) bond motifs is 2. The first-order valence-corrected chi connectivity index (χ1v) is 12.3. The number of azide groups is 1. The van der Waals surface area contributed by atoms with Gasteiger partial charge in [-0.05, 0) is 18.4 Å². The molecular weight excluding hydrogens is 482 g/mol. The number of hydrogen-bond donors (Lipinski definition) is 2. The lowest BCUT2D eigenvalue weighted by Gasteiger charge is -2.46. The highest BCUT2D eigenvalue weighted by Gasteiger charge is 2.57. The van der Waals surface area contributed by atoms with E-state index in [-0.39, 0.29) is 19.8 Å². The second-order valence-corrected chi connectivity index (χ2v) is 8.88. The van der Waals surface area contributed by atoms with Crippen molar-refractivity contribution in [2.45, 2.75) is 108 Å². The quantitative estimate of drug-likeness (QED) is 0.118. The molecule has 0 aromatic heterocycles. The Hall–Kier alpha value is -2.03. The highest BCUT2D eigenvalue weighted by Crippen LogP contribution is 2.37. The van der Waals surface area contributed by atoms with Crippen LogP contribution in [0.2, 0.25) is 0 Å². The monoisotopic (exact) mass is 517 g/mol. The second kappa shape index (κ2) is 13.5. The first kappa shape index (κ1) is 28.5. The maximum atomic E-state index is 11.9. The SMILES string of the molecule is CCCCOC1C(OCCCC)[C@H](O)[C@H](C(=O)O)O[C@H]1O[C@@H]1C2CO[C@H](O2)[C@@H](N=[N+]=[N-])C1OC(C)=O. The van der Waals surface area contributed by atoms with E-state index in [0.717, 1.165) is 12.8 Å². The first-order chi connectivity index (χ1) is 17.3. The molecule has 204 valence electrons. The molecule has 0 aromatic rings. The number of ether oxygens (including phenoxy) is 7. The van der Waals surface area contributed by atoms with E-state index < -0.39 is 73.3 Å². The zero-order valence-electron chi connectivity index (χ0n) is 20.6. The number of aliphatic hydroxyl groups is 1. The smallest absolute Gasteiger partial charge is 0.335 e. The number of rotatable bonds is 13. The molecule has 3 fully saturated rings. The Bertz CT molecular complexity index is 795. The van der Waals surface area contributed by atoms with E-state index in [1.807, 2.05) is 13.8 Å². The van der Waals surface area contributed by atoms with Crippen LogP contribution < -0.4 is 0 Å². The molecule has 0 saturated carbocycles. The molecule has 36 heavy (non-hydrogen) atoms. The molecule has 0 aliphatic carbocycles. The van der Waals surface area contributed by atoms with Crippen LogP contribution in [0.5, 0.6) is 0 Å². The van der Waals surface area contributed by atoms with Crippen molar-refractivity contribution in [2.24, 2.45) is 5.11 Å². The van der Waals surface area contributed by atoms with Gasteiger partial charge in [-0.1, -0.05) is 31.8 Å². The van der Waals surface area contributed by atoms with E-state index in [4.69, 9.17) is 38.7 Å². The number of carboxylic acids is 1. The van der Waals surface area contributed by atoms with Crippen LogP contribution in [0.25, 0.3) is 10.4 Å². The summed E-state index contributed by atoms with van der Waals surface area (Å²) in [6.07, 6.45) is -7.34. The lowest BCUT2D eigenvalue weighted by atomic mass is 9.96. The largest absolute Gasteiger partial charge is 0.479 e. The second-order valence-electron chi connectivity index (χ2n) is 8.88. The fourth-order valence-electron chi connectivity index (χ4n) is 4.41. The van der Waals surface area contributed by atoms with E-state index in [2.05, 4.69) is 10.0 Å². The Kier molecular flexibility index (Phi) is 10.7. The first-order valence-electron chi connectivity index (χ1n) is 12.3. The van der Waals surface area contributed by atoms with Crippen LogP contribution in [0, 0.1) is 0 Å². The number of hydrogen-bond acceptors (Lipinski definition) is 11. The molecule has 2 bridgehead atoms. The number of unbranched alkanes of at least 4 members (excludes halogenated alkanes) is 2. The molecule has 0 aromatic carbocycles. The van der Waals surface area contributed by atoms with Gasteiger partial charge in [0.05, 0.1) is 6.61 Å². The van der Waals surface area contributed by atoms with Gasteiger partial charge in [-0.15, -0.1) is 0 Å². The minimum absolute atomic E-state index is 0.0556. The van der Waals surface area contributed by atoms with E-state index in [1.54, 1.807) is 0 Å². The fraction of sp³-hybridized carbons (Fsp3) is 0.909. The maximum absolute atomic E-state index is 11.9. The Morgan fingerprint density at radius 2 is 1.72 bits per heavy atom. The lowest BCUT2D eigenvalue weighted by molar-refractivity contribution is -0.336. The topological polar surface area (TPSA) is 188 Å². The Balaban J connectivity index is 1.92. The molecule has 2 N–H and O–H groups in total. The van der Waals surface area contributed by atoms with E-state index in [9.17, 15) is 19.8 Å². The van der Waals surface area contributed by atoms with Crippen LogP contribution in [0.4, 0.5) is 0 Å². The summed E-state index contributed by atoms with van der Waals surface area (Å²) in [7, 11) is 0. The van der Waals surface area contributed by atoms with Crippen molar-refractivity contribution < 1.29 is 53.0 Å². The summed E-state index contributed by atoms with van der Waals surface area (Å²) in [6, 6.07) is -1.05. The molecular formula is C22H35N3O11. The normalized spacial score (nSPS) is 37.8. The van der Waals surface area contributed by atoms with Gasteiger partial charge in [0, 0.05) is 25.0 Å². The lowest BCUT2D eigenvalue weighted by Crippen LogP contribution is -2.64. The van der Waals surface area contributed by atoms with Crippen molar-refractivity contribution in [3.05, 3.63) is 10.4 Å². The molecule has 4 unspecified atom stereocenters. The summed E-state index contributed by atoms with van der Waals surface area (Å²) in [5, 5.41) is 24.2. The predicted molar refractivity (Wildman–Crippen MR) is 120 cm³/mol. The molecule has 0 radical (unpaired) electrons. The predicted octanol–water partition coefficient (Wildman–Crippen LogP) is 1.28. The average Bonchev–Trinajstić information content (AvgIpc) is 3.27. The van der Waals surface area contributed by atoms with Crippen molar-refractivity contribution in [2.75, 3.05) is 19.8 Å². The van der Waals surface area contributed by atoms with E-state index >= 15 is 0 Å². The van der Waals surface area contributed by atoms with Crippen molar-refractivity contribution in [3.63, 3.8) is 0 Å². The minimum atomic E-state index is -1.66. The summed E-state index contributed by atoms with van der Waals surface area (Å²) in [5.41, 5.74) is 9.04. The van der Waals surface area contributed by atoms with Crippen LogP contribution >= 0.6 is 0 Å². The van der Waals surface area contributed by atoms with Crippen LogP contribution in [-0.2, 0) is 42.7 Å². The third-order valence-corrected chi connectivity index (χ3v) is 6.20. The fourth-order valence-corrected chi connectivity index (χ4v) is 4.41. The highest BCUT2D eigenvalue weighted by molar-refractivity contribution is 5.73. The molecule has 14 heteroatoms. The van der Waals surface area contributed by atoms with Crippen molar-refractivity contribution >= 4 is 11.9 Å². The molecule has 10 atom stereocenters. The molecule has 3 rings (SSSR count). The Morgan fingerprint density at radius 3 is 2.31 bits per heavy atom. The van der Waals surface area contributed by atoms with Crippen molar-refractivity contribution in [3.8, 4) is 0 Å². The van der Waals surface area contributed by atoms with Gasteiger partial charge >= 0.3 is 11.9 Å². The maximum Gasteiger partial charge on any atom is 0.335 e. The summed E-state index contributed by atoms with van der Waals surface area (Å²) in [6.45, 7) is 5.76. The number of carbonyl (C=O) groups excluding carboxylic acids is 1. The Morgan fingerprint density at radius 1 is 1.06 bits per heavy atom. The zero-order chi connectivity index (χ0) is 26.2. The number of carboxylic acid groups (broad SMARTS) is 1. The molecule has 0 amide bonds. The molecule has 3 aliphatic rings. The zero-order valence-corrected chi connectivity index (χ0v) is 20.6. The van der Waals surface area contributed by atoms with Crippen LogP contribution in [0.1, 0.15) is 46.5 Å². The van der Waals surface area contributed by atoms with E-state index in [0.29, 0.717) is 12.8 Å². The van der Waals surface area contributed by atoms with Crippen LogP contribution in [-0.4, -0.2) is 103 Å². The average molecular weight is 518 g/mol. The summed E-state index contributed by atoms with van der Waals surface area (Å²) in [4.78, 5) is 26.6. The van der Waals surface area contributed by atoms with Gasteiger partial charge in [0.25, 0.3) is 0 Å². The third kappa shape index (κ3) is 6.64. The molecule has 0 spiro atoms. The summed E-state index contributed by atoms with van der Waals surface area (Å²) >= 11 is 0. The van der Waals surface area contributed by atoms with Gasteiger partial charge in [-0.25, -0.2) is 4.79 Å². The number of aliphatic hydroxyl groups excluding tert-OH is 1. The van der Waals surface area contributed by atoms with Gasteiger partial charge < -0.3 is 43.4 Å². The van der Waals surface area contributed by atoms with Gasteiger partial charge in [0.2, 0.25) is 0 Å². The van der Waals surface area contributed by atoms with Gasteiger partial charge in [0.15, 0.2) is 18.7 Å². The van der Waals surface area contributed by atoms with E-state index in [1.165, 1.54) is 6.92 Å². The number of esters is 1. The van der Waals surface area contributed by atoms with Crippen LogP contribution in [0.3, 0.4) is 0 Å². The van der Waals surface area contributed by atoms with Gasteiger partial charge in [0.1, 0.15) is 42.7 Å². The van der Waals surface area contributed by atoms with Crippen LogP contribution in [0.15, 0.2) is 5.11 Å². The summed E-state index contributed by atoms with van der Waals surface area (Å²) in [5.74, 6) is -2.05. The standard InChI is InChI=1S/C22H35N3O11/c1-4-6-8-30-17-14(27)18(20(28)29)36-22(19(17)31-9-7-5-2)35-15-12-10-32-21(34-12)13(24-25-23)16(15)33-11(3)26/h12-19,21-22,27H,4-10H2,1-3H3,(H,28,29)/t12?,13-,14-,15+,16?,17?,18+,19?,21+,22+/m0/s1. The van der Waals surface area contributed by atoms with Gasteiger partial charge in [-0.2, -0.15) is 0 Å². The van der Waals surface area contributed by atoms with Crippen molar-refractivity contribution in [1.82, 2.24) is 0 Å². The summed E-state index contributed by atoms with van der Waals surface area (Å²) < 4.78 is 40.5. The molecule has 3 heterocycles. The molecule has 14 nitrogen and oxygen atoms in total. The van der Waals surface area contributed by atoms with Crippen molar-refractivity contribution in [1.29, 1.82) is 0 Å². The molecule has 3 aliphatic heterocycles. The highest BCUT2D eigenvalue weighted by atomic mass is 16.8. The third-order valence-electron chi connectivity index (χ3n) is 6.20. The minimum Gasteiger partial charge on any atom is -0.479 e.